The third-order valence-corrected chi connectivity index (χ3v) is 6.13. The fourth-order valence-corrected chi connectivity index (χ4v) is 4.28. The maximum Gasteiger partial charge on any atom is 0.252 e. The first-order valence-corrected chi connectivity index (χ1v) is 11.6. The number of hydrogen-bond acceptors (Lipinski definition) is 4. The number of nitrogens with one attached hydrogen (secondary N) is 1. The highest BCUT2D eigenvalue weighted by atomic mass is 16.2. The first kappa shape index (κ1) is 22.7. The second-order valence-corrected chi connectivity index (χ2v) is 8.52. The van der Waals surface area contributed by atoms with E-state index in [2.05, 4.69) is 46.3 Å². The monoisotopic (exact) mass is 441 g/mol. The second kappa shape index (κ2) is 10.9. The molecule has 0 spiro atoms. The summed E-state index contributed by atoms with van der Waals surface area (Å²) in [6.07, 6.45) is 0.880. The Bertz CT molecular complexity index is 1090. The van der Waals surface area contributed by atoms with Crippen LogP contribution in [0.4, 0.5) is 5.69 Å². The van der Waals surface area contributed by atoms with Gasteiger partial charge in [-0.15, -0.1) is 0 Å². The molecule has 0 unspecified atom stereocenters. The standard InChI is InChI=1S/C28H31N3O2/c1-22-9-7-12-24(21-22)31-19-17-30(18-20-31)16-8-15-29-28(33)26-14-6-5-13-25(26)27(32)23-10-3-2-4-11-23/h2-7,9-14,21H,8,15-20H2,1H3,(H,29,33). The molecule has 0 aliphatic carbocycles. The van der Waals surface area contributed by atoms with Gasteiger partial charge in [-0.05, 0) is 43.7 Å². The van der Waals surface area contributed by atoms with Gasteiger partial charge in [-0.1, -0.05) is 60.7 Å². The van der Waals surface area contributed by atoms with Gasteiger partial charge in [-0.3, -0.25) is 14.5 Å². The van der Waals surface area contributed by atoms with Crippen LogP contribution in [0.25, 0.3) is 0 Å². The molecule has 5 nitrogen and oxygen atoms in total. The van der Waals surface area contributed by atoms with Gasteiger partial charge in [-0.2, -0.15) is 0 Å². The molecule has 0 radical (unpaired) electrons. The zero-order chi connectivity index (χ0) is 23.0. The summed E-state index contributed by atoms with van der Waals surface area (Å²) in [6.45, 7) is 7.75. The quantitative estimate of drug-likeness (QED) is 0.421. The number of amides is 1. The van der Waals surface area contributed by atoms with Crippen molar-refractivity contribution in [3.63, 3.8) is 0 Å². The Morgan fingerprint density at radius 1 is 0.818 bits per heavy atom. The summed E-state index contributed by atoms with van der Waals surface area (Å²) in [4.78, 5) is 30.5. The van der Waals surface area contributed by atoms with Crippen molar-refractivity contribution in [3.05, 3.63) is 101 Å². The van der Waals surface area contributed by atoms with E-state index in [4.69, 9.17) is 0 Å². The molecule has 33 heavy (non-hydrogen) atoms. The average Bonchev–Trinajstić information content (AvgIpc) is 2.87. The highest BCUT2D eigenvalue weighted by Gasteiger charge is 2.19. The molecule has 0 atom stereocenters. The number of hydrogen-bond donors (Lipinski definition) is 1. The number of aryl methyl sites for hydroxylation is 1. The van der Waals surface area contributed by atoms with Gasteiger partial charge in [0.1, 0.15) is 0 Å². The Morgan fingerprint density at radius 2 is 1.52 bits per heavy atom. The number of ketones is 1. The van der Waals surface area contributed by atoms with Crippen LogP contribution in [-0.4, -0.2) is 55.9 Å². The van der Waals surface area contributed by atoms with Gasteiger partial charge in [0.15, 0.2) is 5.78 Å². The topological polar surface area (TPSA) is 52.6 Å². The van der Waals surface area contributed by atoms with E-state index in [-0.39, 0.29) is 11.7 Å². The minimum atomic E-state index is -0.195. The molecule has 1 amide bonds. The van der Waals surface area contributed by atoms with Gasteiger partial charge in [0, 0.05) is 49.5 Å². The lowest BCUT2D eigenvalue weighted by Gasteiger charge is -2.36. The van der Waals surface area contributed by atoms with E-state index in [0.29, 0.717) is 23.2 Å². The van der Waals surface area contributed by atoms with Crippen molar-refractivity contribution in [2.75, 3.05) is 44.2 Å². The van der Waals surface area contributed by atoms with Crippen LogP contribution < -0.4 is 10.2 Å². The number of benzene rings is 3. The molecule has 1 heterocycles. The Balaban J connectivity index is 1.24. The Kier molecular flexibility index (Phi) is 7.53. The molecule has 170 valence electrons. The predicted octanol–water partition coefficient (Wildman–Crippen LogP) is 4.17. The first-order chi connectivity index (χ1) is 16.1. The van der Waals surface area contributed by atoms with E-state index in [0.717, 1.165) is 39.1 Å². The molecule has 1 saturated heterocycles. The van der Waals surface area contributed by atoms with Gasteiger partial charge in [0.2, 0.25) is 0 Å². The molecule has 1 aliphatic rings. The predicted molar refractivity (Wildman–Crippen MR) is 133 cm³/mol. The van der Waals surface area contributed by atoms with Crippen LogP contribution in [0.15, 0.2) is 78.9 Å². The lowest BCUT2D eigenvalue weighted by molar-refractivity contribution is 0.0940. The molecular formula is C28H31N3O2. The van der Waals surface area contributed by atoms with Crippen molar-refractivity contribution in [1.29, 1.82) is 0 Å². The van der Waals surface area contributed by atoms with Crippen LogP contribution in [0.3, 0.4) is 0 Å². The van der Waals surface area contributed by atoms with Crippen LogP contribution in [0.5, 0.6) is 0 Å². The van der Waals surface area contributed by atoms with Gasteiger partial charge in [0.25, 0.3) is 5.91 Å². The van der Waals surface area contributed by atoms with E-state index in [1.54, 1.807) is 36.4 Å². The van der Waals surface area contributed by atoms with Crippen molar-refractivity contribution in [1.82, 2.24) is 10.2 Å². The summed E-state index contributed by atoms with van der Waals surface area (Å²) >= 11 is 0. The summed E-state index contributed by atoms with van der Waals surface area (Å²) in [5.41, 5.74) is 4.04. The van der Waals surface area contributed by atoms with E-state index >= 15 is 0 Å². The maximum atomic E-state index is 12.9. The number of piperazine rings is 1. The third kappa shape index (κ3) is 5.88. The molecule has 1 aliphatic heterocycles. The molecule has 0 bridgehead atoms. The van der Waals surface area contributed by atoms with Crippen LogP contribution in [0.1, 0.15) is 38.3 Å². The fraction of sp³-hybridized carbons (Fsp3) is 0.286. The van der Waals surface area contributed by atoms with Crippen molar-refractivity contribution in [2.24, 2.45) is 0 Å². The smallest absolute Gasteiger partial charge is 0.252 e. The van der Waals surface area contributed by atoms with Crippen LogP contribution in [0, 0.1) is 6.92 Å². The number of nitrogens with zero attached hydrogens (tertiary/aromatic N) is 2. The van der Waals surface area contributed by atoms with Gasteiger partial charge in [0.05, 0.1) is 5.56 Å². The summed E-state index contributed by atoms with van der Waals surface area (Å²) in [6, 6.07) is 24.8. The summed E-state index contributed by atoms with van der Waals surface area (Å²) in [5.74, 6) is -0.327. The SMILES string of the molecule is Cc1cccc(N2CCN(CCCNC(=O)c3ccccc3C(=O)c3ccccc3)CC2)c1. The highest BCUT2D eigenvalue weighted by molar-refractivity contribution is 6.15. The van der Waals surface area contributed by atoms with Crippen molar-refractivity contribution in [3.8, 4) is 0 Å². The zero-order valence-electron chi connectivity index (χ0n) is 19.2. The highest BCUT2D eigenvalue weighted by Crippen LogP contribution is 2.18. The normalized spacial score (nSPS) is 14.2. The zero-order valence-corrected chi connectivity index (χ0v) is 19.2. The maximum absolute atomic E-state index is 12.9. The Hall–Kier alpha value is -3.44. The molecule has 1 fully saturated rings. The molecule has 0 saturated carbocycles. The van der Waals surface area contributed by atoms with E-state index < -0.39 is 0 Å². The van der Waals surface area contributed by atoms with E-state index in [1.807, 2.05) is 18.2 Å². The van der Waals surface area contributed by atoms with Crippen molar-refractivity contribution < 1.29 is 9.59 Å². The van der Waals surface area contributed by atoms with Crippen molar-refractivity contribution >= 4 is 17.4 Å². The second-order valence-electron chi connectivity index (χ2n) is 8.52. The Morgan fingerprint density at radius 3 is 2.24 bits per heavy atom. The molecular weight excluding hydrogens is 410 g/mol. The molecule has 4 rings (SSSR count). The lowest BCUT2D eigenvalue weighted by Crippen LogP contribution is -2.47. The van der Waals surface area contributed by atoms with Crippen molar-refractivity contribution in [2.45, 2.75) is 13.3 Å². The molecule has 0 aromatic heterocycles. The lowest BCUT2D eigenvalue weighted by atomic mass is 9.98. The number of rotatable bonds is 8. The van der Waals surface area contributed by atoms with Gasteiger partial charge in [-0.25, -0.2) is 0 Å². The first-order valence-electron chi connectivity index (χ1n) is 11.6. The van der Waals surface area contributed by atoms with Crippen LogP contribution in [-0.2, 0) is 0 Å². The summed E-state index contributed by atoms with van der Waals surface area (Å²) in [5, 5.41) is 3.00. The molecule has 3 aromatic rings. The Labute approximate surface area is 196 Å². The number of carbonyl (C=O) groups excluding carboxylic acids is 2. The summed E-state index contributed by atoms with van der Waals surface area (Å²) < 4.78 is 0. The third-order valence-electron chi connectivity index (χ3n) is 6.13. The number of anilines is 1. The number of carbonyl (C=O) groups is 2. The molecule has 5 heteroatoms. The van der Waals surface area contributed by atoms with E-state index in [1.165, 1.54) is 11.3 Å². The largest absolute Gasteiger partial charge is 0.369 e. The molecule has 1 N–H and O–H groups in total. The molecule has 3 aromatic carbocycles. The average molecular weight is 442 g/mol. The van der Waals surface area contributed by atoms with Gasteiger partial charge >= 0.3 is 0 Å². The minimum Gasteiger partial charge on any atom is -0.369 e. The van der Waals surface area contributed by atoms with Gasteiger partial charge < -0.3 is 10.2 Å². The summed E-state index contributed by atoms with van der Waals surface area (Å²) in [7, 11) is 0. The van der Waals surface area contributed by atoms with E-state index in [9.17, 15) is 9.59 Å². The van der Waals surface area contributed by atoms with Crippen LogP contribution in [0.2, 0.25) is 0 Å². The van der Waals surface area contributed by atoms with Crippen LogP contribution >= 0.6 is 0 Å². The fourth-order valence-electron chi connectivity index (χ4n) is 4.28. The minimum absolute atomic E-state index is 0.132.